The van der Waals surface area contributed by atoms with Gasteiger partial charge in [-0.1, -0.05) is 13.8 Å². The molecule has 0 bridgehead atoms. The van der Waals surface area contributed by atoms with Crippen LogP contribution in [0.15, 0.2) is 22.8 Å². The van der Waals surface area contributed by atoms with E-state index in [0.717, 1.165) is 12.8 Å². The Kier molecular flexibility index (Phi) is 4.24. The second-order valence-corrected chi connectivity index (χ2v) is 5.27. The van der Waals surface area contributed by atoms with E-state index in [-0.39, 0.29) is 17.9 Å². The number of amides is 2. The Bertz CT molecular complexity index is 440. The quantitative estimate of drug-likeness (QED) is 0.899. The lowest BCUT2D eigenvalue weighted by Crippen LogP contribution is -2.46. The van der Waals surface area contributed by atoms with Crippen LogP contribution in [-0.2, 0) is 4.79 Å². The van der Waals surface area contributed by atoms with Crippen molar-refractivity contribution in [3.8, 4) is 0 Å². The minimum absolute atomic E-state index is 0.0638. The van der Waals surface area contributed by atoms with Gasteiger partial charge >= 0.3 is 0 Å². The number of rotatable bonds is 4. The van der Waals surface area contributed by atoms with Crippen LogP contribution in [0.4, 0.5) is 0 Å². The standard InChI is InChI=1S/C14H20N2O3/c1-10(2)9-15-13(17)11-5-3-7-16(11)14(18)12-6-4-8-19-12/h4,6,8,10-11H,3,5,7,9H2,1-2H3,(H,15,17). The molecule has 1 unspecified atom stereocenters. The van der Waals surface area contributed by atoms with Gasteiger partial charge in [-0.05, 0) is 30.9 Å². The van der Waals surface area contributed by atoms with Gasteiger partial charge < -0.3 is 14.6 Å². The lowest BCUT2D eigenvalue weighted by Gasteiger charge is -2.23. The van der Waals surface area contributed by atoms with Crippen LogP contribution in [0.1, 0.15) is 37.2 Å². The van der Waals surface area contributed by atoms with Crippen LogP contribution in [0, 0.1) is 5.92 Å². The topological polar surface area (TPSA) is 62.6 Å². The van der Waals surface area contributed by atoms with Crippen LogP contribution in [0.2, 0.25) is 0 Å². The molecule has 19 heavy (non-hydrogen) atoms. The number of likely N-dealkylation sites (tertiary alicyclic amines) is 1. The molecule has 1 N–H and O–H groups in total. The number of nitrogens with zero attached hydrogens (tertiary/aromatic N) is 1. The van der Waals surface area contributed by atoms with Gasteiger partial charge in [0.1, 0.15) is 6.04 Å². The molecule has 1 aliphatic rings. The van der Waals surface area contributed by atoms with Gasteiger partial charge in [-0.2, -0.15) is 0 Å². The summed E-state index contributed by atoms with van der Waals surface area (Å²) >= 11 is 0. The Balaban J connectivity index is 2.00. The zero-order valence-corrected chi connectivity index (χ0v) is 11.4. The average Bonchev–Trinajstić information content (AvgIpc) is 3.05. The molecule has 1 saturated heterocycles. The molecule has 1 aliphatic heterocycles. The van der Waals surface area contributed by atoms with Gasteiger partial charge in [-0.3, -0.25) is 9.59 Å². The van der Waals surface area contributed by atoms with Crippen molar-refractivity contribution in [3.63, 3.8) is 0 Å². The molecule has 5 heteroatoms. The number of hydrogen-bond acceptors (Lipinski definition) is 3. The lowest BCUT2D eigenvalue weighted by molar-refractivity contribution is -0.125. The van der Waals surface area contributed by atoms with Crippen molar-refractivity contribution in [3.05, 3.63) is 24.2 Å². The zero-order valence-electron chi connectivity index (χ0n) is 11.4. The van der Waals surface area contributed by atoms with E-state index in [9.17, 15) is 9.59 Å². The minimum Gasteiger partial charge on any atom is -0.459 e. The van der Waals surface area contributed by atoms with E-state index < -0.39 is 0 Å². The highest BCUT2D eigenvalue weighted by atomic mass is 16.3. The van der Waals surface area contributed by atoms with Gasteiger partial charge in [0.2, 0.25) is 5.91 Å². The molecule has 2 rings (SSSR count). The molecule has 0 aliphatic carbocycles. The first-order valence-electron chi connectivity index (χ1n) is 6.71. The Morgan fingerprint density at radius 2 is 2.32 bits per heavy atom. The van der Waals surface area contributed by atoms with Crippen molar-refractivity contribution in [1.29, 1.82) is 0 Å². The first-order valence-corrected chi connectivity index (χ1v) is 6.71. The van der Waals surface area contributed by atoms with Crippen molar-refractivity contribution in [2.75, 3.05) is 13.1 Å². The Morgan fingerprint density at radius 1 is 1.53 bits per heavy atom. The molecule has 2 amide bonds. The number of furan rings is 1. The predicted molar refractivity (Wildman–Crippen MR) is 70.6 cm³/mol. The molecule has 104 valence electrons. The second kappa shape index (κ2) is 5.91. The molecule has 0 radical (unpaired) electrons. The summed E-state index contributed by atoms with van der Waals surface area (Å²) in [6.45, 7) is 5.33. The van der Waals surface area contributed by atoms with E-state index in [0.29, 0.717) is 24.8 Å². The first-order chi connectivity index (χ1) is 9.09. The molecule has 1 atom stereocenters. The largest absolute Gasteiger partial charge is 0.459 e. The van der Waals surface area contributed by atoms with Gasteiger partial charge in [-0.25, -0.2) is 0 Å². The summed E-state index contributed by atoms with van der Waals surface area (Å²) in [7, 11) is 0. The van der Waals surface area contributed by atoms with Crippen molar-refractivity contribution < 1.29 is 14.0 Å². The molecule has 2 heterocycles. The van der Waals surface area contributed by atoms with Crippen LogP contribution in [0.5, 0.6) is 0 Å². The van der Waals surface area contributed by atoms with Crippen LogP contribution in [0.3, 0.4) is 0 Å². The fraction of sp³-hybridized carbons (Fsp3) is 0.571. The van der Waals surface area contributed by atoms with Crippen molar-refractivity contribution >= 4 is 11.8 Å². The highest BCUT2D eigenvalue weighted by Gasteiger charge is 2.35. The number of carbonyl (C=O) groups excluding carboxylic acids is 2. The van der Waals surface area contributed by atoms with Gasteiger partial charge in [0, 0.05) is 13.1 Å². The van der Waals surface area contributed by atoms with E-state index >= 15 is 0 Å². The molecule has 5 nitrogen and oxygen atoms in total. The minimum atomic E-state index is -0.364. The molecule has 0 aromatic carbocycles. The average molecular weight is 264 g/mol. The predicted octanol–water partition coefficient (Wildman–Crippen LogP) is 1.66. The van der Waals surface area contributed by atoms with Crippen molar-refractivity contribution in [1.82, 2.24) is 10.2 Å². The van der Waals surface area contributed by atoms with E-state index in [2.05, 4.69) is 5.32 Å². The third-order valence-electron chi connectivity index (χ3n) is 3.23. The molecule has 0 spiro atoms. The maximum Gasteiger partial charge on any atom is 0.290 e. The van der Waals surface area contributed by atoms with Gasteiger partial charge in [0.15, 0.2) is 5.76 Å². The summed E-state index contributed by atoms with van der Waals surface area (Å²) in [6, 6.07) is 2.94. The van der Waals surface area contributed by atoms with Crippen molar-refractivity contribution in [2.24, 2.45) is 5.92 Å². The van der Waals surface area contributed by atoms with Gasteiger partial charge in [0.25, 0.3) is 5.91 Å². The van der Waals surface area contributed by atoms with Crippen LogP contribution >= 0.6 is 0 Å². The van der Waals surface area contributed by atoms with Crippen LogP contribution < -0.4 is 5.32 Å². The highest BCUT2D eigenvalue weighted by molar-refractivity contribution is 5.95. The molecular weight excluding hydrogens is 244 g/mol. The summed E-state index contributed by atoms with van der Waals surface area (Å²) in [5.41, 5.74) is 0. The maximum atomic E-state index is 12.2. The van der Waals surface area contributed by atoms with Crippen LogP contribution in [0.25, 0.3) is 0 Å². The Morgan fingerprint density at radius 3 is 2.95 bits per heavy atom. The SMILES string of the molecule is CC(C)CNC(=O)C1CCCN1C(=O)c1ccco1. The normalized spacial score (nSPS) is 18.9. The summed E-state index contributed by atoms with van der Waals surface area (Å²) < 4.78 is 5.11. The second-order valence-electron chi connectivity index (χ2n) is 5.27. The third kappa shape index (κ3) is 3.16. The monoisotopic (exact) mass is 264 g/mol. The fourth-order valence-electron chi connectivity index (χ4n) is 2.25. The molecular formula is C14H20N2O3. The number of hydrogen-bond donors (Lipinski definition) is 1. The third-order valence-corrected chi connectivity index (χ3v) is 3.23. The molecule has 1 fully saturated rings. The van der Waals surface area contributed by atoms with E-state index in [1.165, 1.54) is 6.26 Å². The summed E-state index contributed by atoms with van der Waals surface area (Å²) in [5.74, 6) is 0.432. The van der Waals surface area contributed by atoms with Crippen LogP contribution in [-0.4, -0.2) is 35.8 Å². The number of carbonyl (C=O) groups is 2. The lowest BCUT2D eigenvalue weighted by atomic mass is 10.1. The first kappa shape index (κ1) is 13.6. The summed E-state index contributed by atoms with van der Waals surface area (Å²) in [6.07, 6.45) is 3.04. The van der Waals surface area contributed by atoms with Gasteiger partial charge in [-0.15, -0.1) is 0 Å². The molecule has 0 saturated carbocycles. The van der Waals surface area contributed by atoms with E-state index in [1.54, 1.807) is 17.0 Å². The molecule has 1 aromatic rings. The van der Waals surface area contributed by atoms with Crippen molar-refractivity contribution in [2.45, 2.75) is 32.7 Å². The maximum absolute atomic E-state index is 12.2. The smallest absolute Gasteiger partial charge is 0.290 e. The van der Waals surface area contributed by atoms with E-state index in [1.807, 2.05) is 13.8 Å². The highest BCUT2D eigenvalue weighted by Crippen LogP contribution is 2.20. The Labute approximate surface area is 113 Å². The van der Waals surface area contributed by atoms with E-state index in [4.69, 9.17) is 4.42 Å². The fourth-order valence-corrected chi connectivity index (χ4v) is 2.25. The summed E-state index contributed by atoms with van der Waals surface area (Å²) in [5, 5.41) is 2.89. The zero-order chi connectivity index (χ0) is 13.8. The van der Waals surface area contributed by atoms with Gasteiger partial charge in [0.05, 0.1) is 6.26 Å². The Hall–Kier alpha value is -1.78. The number of nitrogens with one attached hydrogen (secondary N) is 1. The molecule has 1 aromatic heterocycles. The summed E-state index contributed by atoms with van der Waals surface area (Å²) in [4.78, 5) is 25.9.